The summed E-state index contributed by atoms with van der Waals surface area (Å²) in [6.07, 6.45) is 14.8. The Morgan fingerprint density at radius 2 is 1.50 bits per heavy atom. The second-order valence-corrected chi connectivity index (χ2v) is 24.7. The lowest BCUT2D eigenvalue weighted by Gasteiger charge is -2.73. The first-order chi connectivity index (χ1) is 28.1. The van der Waals surface area contributed by atoms with Crippen molar-refractivity contribution in [2.75, 3.05) is 0 Å². The molecule has 6 heteroatoms. The van der Waals surface area contributed by atoms with E-state index in [1.54, 1.807) is 0 Å². The molecule has 1 heterocycles. The first-order valence-corrected chi connectivity index (χ1v) is 24.3. The maximum Gasteiger partial charge on any atom is 0.309 e. The third kappa shape index (κ3) is 5.95. The van der Waals surface area contributed by atoms with Gasteiger partial charge in [-0.05, 0) is 164 Å². The second-order valence-electron chi connectivity index (χ2n) is 24.7. The Balaban J connectivity index is 0.913. The van der Waals surface area contributed by atoms with Crippen LogP contribution in [0.1, 0.15) is 176 Å². The summed E-state index contributed by atoms with van der Waals surface area (Å²) >= 11 is 0. The third-order valence-electron chi connectivity index (χ3n) is 21.6. The SMILES string of the molecule is C=C(C)[C@@H]1CC[C@]2(C(=O)C[C@@H]3C[C@H](c4nnc(C)o4)C3(C)C)CC[C@]3(C)[C@H](CC[C@@H]4[C@@]5(C)CC[C@H](OC(=O)[C@H]6CC(Cc7ccccc7)C6(C)C)C(C)(C)[C@@H]5CC[C@]43C)[C@@H]12. The van der Waals surface area contributed by atoms with Gasteiger partial charge in [0.25, 0.3) is 0 Å². The molecule has 7 fully saturated rings. The highest BCUT2D eigenvalue weighted by molar-refractivity contribution is 5.86. The number of fused-ring (bicyclic) bond motifs is 7. The predicted molar refractivity (Wildman–Crippen MR) is 238 cm³/mol. The molecule has 1 aromatic heterocycles. The standard InChI is InChI=1S/C54H78N2O4/c1-32(2)37-20-25-54(43(57)31-36-29-39(48(36,4)5)46-56-55-33(3)59-46)27-26-52(11)38(45(37)54)18-19-42-51(10)23-22-44(50(8,9)41(51)21-24-53(42,52)12)60-47(58)40-30-35(49(40,6)7)28-34-16-14-13-15-17-34/h13-17,35-42,44-45H,1,18-31H2,2-12H3/t35?,36-,37-,38+,39+,40+,41-,42+,44-,45+,51-,52+,53+,54+/m0/s1. The smallest absolute Gasteiger partial charge is 0.309 e. The van der Waals surface area contributed by atoms with Crippen molar-refractivity contribution < 1.29 is 18.7 Å². The Hall–Kier alpha value is -2.76. The number of nitrogens with zero attached hydrogens (tertiary/aromatic N) is 2. The Kier molecular flexibility index (Phi) is 10.0. The number of aryl methyl sites for hydroxylation is 1. The summed E-state index contributed by atoms with van der Waals surface area (Å²) in [6.45, 7) is 30.9. The molecule has 9 rings (SSSR count). The lowest BCUT2D eigenvalue weighted by Crippen LogP contribution is -2.67. The number of ether oxygens (including phenoxy) is 1. The summed E-state index contributed by atoms with van der Waals surface area (Å²) in [5.74, 6) is 5.47. The van der Waals surface area contributed by atoms with E-state index in [4.69, 9.17) is 9.15 Å². The van der Waals surface area contributed by atoms with Gasteiger partial charge in [-0.2, -0.15) is 0 Å². The van der Waals surface area contributed by atoms with Gasteiger partial charge in [0.1, 0.15) is 11.9 Å². The van der Waals surface area contributed by atoms with Crippen LogP contribution in [0.4, 0.5) is 0 Å². The van der Waals surface area contributed by atoms with Crippen molar-refractivity contribution in [1.29, 1.82) is 0 Å². The molecular weight excluding hydrogens is 741 g/mol. The van der Waals surface area contributed by atoms with E-state index in [1.807, 2.05) is 6.92 Å². The maximum atomic E-state index is 15.1. The quantitative estimate of drug-likeness (QED) is 0.185. The van der Waals surface area contributed by atoms with Crippen LogP contribution in [0.5, 0.6) is 0 Å². The minimum Gasteiger partial charge on any atom is -0.462 e. The molecule has 7 saturated carbocycles. The maximum absolute atomic E-state index is 15.1. The number of hydrogen-bond acceptors (Lipinski definition) is 6. The van der Waals surface area contributed by atoms with Gasteiger partial charge >= 0.3 is 5.97 Å². The van der Waals surface area contributed by atoms with Crippen LogP contribution in [-0.2, 0) is 20.7 Å². The number of Topliss-reactive ketones (excluding diaryl/α,β-unsaturated/α-hetero) is 1. The van der Waals surface area contributed by atoms with Crippen molar-refractivity contribution in [2.24, 2.45) is 85.2 Å². The molecule has 0 amide bonds. The lowest BCUT2D eigenvalue weighted by atomic mass is 9.32. The van der Waals surface area contributed by atoms with Gasteiger partial charge in [0.15, 0.2) is 0 Å². The molecule has 14 atom stereocenters. The first-order valence-electron chi connectivity index (χ1n) is 24.3. The average molecular weight is 819 g/mol. The molecule has 6 nitrogen and oxygen atoms in total. The molecule has 0 radical (unpaired) electrons. The first kappa shape index (κ1) is 42.5. The summed E-state index contributed by atoms with van der Waals surface area (Å²) in [4.78, 5) is 29.2. The molecule has 60 heavy (non-hydrogen) atoms. The van der Waals surface area contributed by atoms with Crippen molar-refractivity contribution >= 4 is 11.8 Å². The molecule has 0 aliphatic heterocycles. The van der Waals surface area contributed by atoms with Crippen LogP contribution < -0.4 is 0 Å². The van der Waals surface area contributed by atoms with Gasteiger partial charge in [-0.25, -0.2) is 0 Å². The number of benzene rings is 1. The zero-order chi connectivity index (χ0) is 43.0. The van der Waals surface area contributed by atoms with Crippen LogP contribution in [0.15, 0.2) is 46.9 Å². The molecule has 7 aliphatic carbocycles. The van der Waals surface area contributed by atoms with Gasteiger partial charge in [0.2, 0.25) is 11.8 Å². The largest absolute Gasteiger partial charge is 0.462 e. The Labute approximate surface area is 362 Å². The highest BCUT2D eigenvalue weighted by Gasteiger charge is 2.72. The fraction of sp³-hybridized carbons (Fsp3) is 0.778. The van der Waals surface area contributed by atoms with E-state index in [1.165, 1.54) is 36.8 Å². The second kappa shape index (κ2) is 14.1. The Morgan fingerprint density at radius 3 is 2.15 bits per heavy atom. The van der Waals surface area contributed by atoms with Gasteiger partial charge in [0, 0.05) is 30.1 Å². The van der Waals surface area contributed by atoms with Gasteiger partial charge in [-0.15, -0.1) is 10.2 Å². The molecule has 0 N–H and O–H groups in total. The van der Waals surface area contributed by atoms with Crippen molar-refractivity contribution in [3.05, 3.63) is 59.8 Å². The fourth-order valence-corrected chi connectivity index (χ4v) is 17.4. The molecule has 0 saturated heterocycles. The van der Waals surface area contributed by atoms with Crippen LogP contribution in [0.3, 0.4) is 0 Å². The molecule has 0 spiro atoms. The number of aromatic nitrogens is 2. The van der Waals surface area contributed by atoms with Crippen LogP contribution in [0, 0.1) is 92.2 Å². The minimum absolute atomic E-state index is 0.0258. The highest BCUT2D eigenvalue weighted by Crippen LogP contribution is 2.78. The van der Waals surface area contributed by atoms with Crippen molar-refractivity contribution in [1.82, 2.24) is 10.2 Å². The molecule has 1 unspecified atom stereocenters. The summed E-state index contributed by atoms with van der Waals surface area (Å²) < 4.78 is 12.6. The average Bonchev–Trinajstić information content (AvgIpc) is 3.80. The van der Waals surface area contributed by atoms with Gasteiger partial charge in [-0.1, -0.05) is 105 Å². The monoisotopic (exact) mass is 819 g/mol. The van der Waals surface area contributed by atoms with Crippen molar-refractivity contribution in [3.8, 4) is 0 Å². The predicted octanol–water partition coefficient (Wildman–Crippen LogP) is 12.9. The lowest BCUT2D eigenvalue weighted by molar-refractivity contribution is -0.250. The summed E-state index contributed by atoms with van der Waals surface area (Å²) in [5.41, 5.74) is 2.81. The minimum atomic E-state index is -0.235. The molecule has 2 aromatic rings. The van der Waals surface area contributed by atoms with Gasteiger partial charge in [0.05, 0.1) is 5.92 Å². The molecule has 7 aliphatic rings. The number of hydrogen-bond donors (Lipinski definition) is 0. The number of allylic oxidation sites excluding steroid dienone is 1. The highest BCUT2D eigenvalue weighted by atomic mass is 16.5. The van der Waals surface area contributed by atoms with Crippen LogP contribution in [-0.4, -0.2) is 28.1 Å². The van der Waals surface area contributed by atoms with E-state index in [0.717, 1.165) is 63.7 Å². The molecule has 0 bridgehead atoms. The number of esters is 1. The zero-order valence-electron chi connectivity index (χ0n) is 39.3. The fourth-order valence-electron chi connectivity index (χ4n) is 17.4. The van der Waals surface area contributed by atoms with Crippen LogP contribution in [0.2, 0.25) is 0 Å². The number of rotatable bonds is 9. The van der Waals surface area contributed by atoms with E-state index < -0.39 is 0 Å². The summed E-state index contributed by atoms with van der Waals surface area (Å²) in [7, 11) is 0. The van der Waals surface area contributed by atoms with Crippen LogP contribution >= 0.6 is 0 Å². The molecular formula is C54H78N2O4. The van der Waals surface area contributed by atoms with E-state index >= 15 is 4.79 Å². The zero-order valence-corrected chi connectivity index (χ0v) is 39.3. The molecule has 1 aromatic carbocycles. The van der Waals surface area contributed by atoms with E-state index in [0.29, 0.717) is 59.5 Å². The van der Waals surface area contributed by atoms with E-state index in [2.05, 4.69) is 116 Å². The topological polar surface area (TPSA) is 82.3 Å². The Bertz CT molecular complexity index is 2010. The van der Waals surface area contributed by atoms with Crippen molar-refractivity contribution in [2.45, 2.75) is 178 Å². The van der Waals surface area contributed by atoms with Gasteiger partial charge < -0.3 is 9.15 Å². The Morgan fingerprint density at radius 1 is 0.767 bits per heavy atom. The number of ketones is 1. The third-order valence-corrected chi connectivity index (χ3v) is 21.6. The number of carbonyl (C=O) groups excluding carboxylic acids is 2. The van der Waals surface area contributed by atoms with Crippen LogP contribution in [0.25, 0.3) is 0 Å². The van der Waals surface area contributed by atoms with Gasteiger partial charge in [-0.3, -0.25) is 9.59 Å². The number of carbonyl (C=O) groups is 2. The molecule has 328 valence electrons. The van der Waals surface area contributed by atoms with E-state index in [-0.39, 0.29) is 61.8 Å². The summed E-state index contributed by atoms with van der Waals surface area (Å²) in [5, 5.41) is 8.52. The van der Waals surface area contributed by atoms with E-state index in [9.17, 15) is 4.79 Å². The van der Waals surface area contributed by atoms with Crippen molar-refractivity contribution in [3.63, 3.8) is 0 Å². The normalized spacial score (nSPS) is 44.5. The summed E-state index contributed by atoms with van der Waals surface area (Å²) in [6, 6.07) is 10.8.